The molecule has 0 fully saturated rings. The molecule has 4 nitrogen and oxygen atoms in total. The van der Waals surface area contributed by atoms with Crippen LogP contribution in [0.5, 0.6) is 0 Å². The fraction of sp³-hybridized carbons (Fsp3) is 0.923. The summed E-state index contributed by atoms with van der Waals surface area (Å²) in [6, 6.07) is 0.128. The highest BCUT2D eigenvalue weighted by Gasteiger charge is 2.25. The summed E-state index contributed by atoms with van der Waals surface area (Å²) in [7, 11) is 0. The molecule has 0 aromatic heterocycles. The van der Waals surface area contributed by atoms with E-state index in [4.69, 9.17) is 5.11 Å². The summed E-state index contributed by atoms with van der Waals surface area (Å²) in [4.78, 5) is 14.2. The van der Waals surface area contributed by atoms with Crippen LogP contribution in [0.25, 0.3) is 0 Å². The topological polar surface area (TPSA) is 52.6 Å². The molecule has 1 unspecified atom stereocenters. The second-order valence-corrected chi connectivity index (χ2v) is 5.82. The SMILES string of the molecule is CC(C)N(CCCO)C(C)C(=O)NC(C)(C)C. The Bertz CT molecular complexity index is 234. The van der Waals surface area contributed by atoms with E-state index in [-0.39, 0.29) is 24.1 Å². The van der Waals surface area contributed by atoms with Crippen LogP contribution >= 0.6 is 0 Å². The van der Waals surface area contributed by atoms with E-state index in [0.29, 0.717) is 12.5 Å². The Hall–Kier alpha value is -0.610. The second-order valence-electron chi connectivity index (χ2n) is 5.82. The molecule has 0 aromatic rings. The lowest BCUT2D eigenvalue weighted by Crippen LogP contribution is -2.53. The molecule has 1 atom stereocenters. The predicted octanol–water partition coefficient (Wildman–Crippen LogP) is 1.38. The number of hydrogen-bond donors (Lipinski definition) is 2. The number of carbonyl (C=O) groups excluding carboxylic acids is 1. The minimum Gasteiger partial charge on any atom is -0.396 e. The summed E-state index contributed by atoms with van der Waals surface area (Å²) in [6.45, 7) is 12.9. The van der Waals surface area contributed by atoms with Crippen molar-refractivity contribution in [2.45, 2.75) is 65.6 Å². The first-order valence-corrected chi connectivity index (χ1v) is 6.37. The van der Waals surface area contributed by atoms with Gasteiger partial charge in [0.05, 0.1) is 6.04 Å². The molecule has 0 heterocycles. The van der Waals surface area contributed by atoms with Crippen molar-refractivity contribution in [3.63, 3.8) is 0 Å². The summed E-state index contributed by atoms with van der Waals surface area (Å²) in [5.74, 6) is 0.0455. The van der Waals surface area contributed by atoms with Crippen LogP contribution in [-0.2, 0) is 4.79 Å². The number of hydrogen-bond acceptors (Lipinski definition) is 3. The minimum absolute atomic E-state index is 0.0455. The molecule has 102 valence electrons. The van der Waals surface area contributed by atoms with E-state index < -0.39 is 0 Å². The van der Waals surface area contributed by atoms with Gasteiger partial charge in [0, 0.05) is 24.7 Å². The second kappa shape index (κ2) is 6.97. The van der Waals surface area contributed by atoms with E-state index in [2.05, 4.69) is 24.1 Å². The lowest BCUT2D eigenvalue weighted by Gasteiger charge is -2.33. The first kappa shape index (κ1) is 16.4. The van der Waals surface area contributed by atoms with Crippen LogP contribution in [0.3, 0.4) is 0 Å². The van der Waals surface area contributed by atoms with Gasteiger partial charge in [-0.1, -0.05) is 0 Å². The van der Waals surface area contributed by atoms with Gasteiger partial charge >= 0.3 is 0 Å². The van der Waals surface area contributed by atoms with Crippen LogP contribution in [0.1, 0.15) is 48.0 Å². The maximum Gasteiger partial charge on any atom is 0.237 e. The molecular weight excluding hydrogens is 216 g/mol. The third-order valence-electron chi connectivity index (χ3n) is 2.61. The van der Waals surface area contributed by atoms with Crippen LogP contribution in [-0.4, -0.2) is 46.7 Å². The van der Waals surface area contributed by atoms with Crippen molar-refractivity contribution < 1.29 is 9.90 Å². The molecule has 0 saturated heterocycles. The third-order valence-corrected chi connectivity index (χ3v) is 2.61. The van der Waals surface area contributed by atoms with Gasteiger partial charge in [0.2, 0.25) is 5.91 Å². The van der Waals surface area contributed by atoms with Gasteiger partial charge in [-0.05, 0) is 48.0 Å². The minimum atomic E-state index is -0.203. The average Bonchev–Trinajstić information content (AvgIpc) is 2.14. The Morgan fingerprint density at radius 3 is 2.18 bits per heavy atom. The van der Waals surface area contributed by atoms with Crippen molar-refractivity contribution in [1.29, 1.82) is 0 Å². The van der Waals surface area contributed by atoms with Gasteiger partial charge in [0.25, 0.3) is 0 Å². The Kier molecular flexibility index (Phi) is 6.72. The summed E-state index contributed by atoms with van der Waals surface area (Å²) in [5.41, 5.74) is -0.203. The van der Waals surface area contributed by atoms with E-state index in [0.717, 1.165) is 6.54 Å². The predicted molar refractivity (Wildman–Crippen MR) is 70.9 cm³/mol. The highest BCUT2D eigenvalue weighted by Crippen LogP contribution is 2.08. The third kappa shape index (κ3) is 6.64. The van der Waals surface area contributed by atoms with Gasteiger partial charge in [0.15, 0.2) is 0 Å². The molecule has 1 amide bonds. The number of aliphatic hydroxyl groups is 1. The number of nitrogens with zero attached hydrogens (tertiary/aromatic N) is 1. The summed E-state index contributed by atoms with van der Waals surface area (Å²) >= 11 is 0. The molecule has 0 aliphatic carbocycles. The molecule has 4 heteroatoms. The molecule has 0 aliphatic rings. The molecule has 0 spiro atoms. The number of rotatable bonds is 6. The van der Waals surface area contributed by atoms with Crippen LogP contribution in [0.2, 0.25) is 0 Å². The first-order valence-electron chi connectivity index (χ1n) is 6.37. The fourth-order valence-electron chi connectivity index (χ4n) is 1.78. The smallest absolute Gasteiger partial charge is 0.237 e. The van der Waals surface area contributed by atoms with Gasteiger partial charge < -0.3 is 10.4 Å². The van der Waals surface area contributed by atoms with Gasteiger partial charge in [-0.3, -0.25) is 9.69 Å². The molecular formula is C13H28N2O2. The highest BCUT2D eigenvalue weighted by molar-refractivity contribution is 5.81. The van der Waals surface area contributed by atoms with E-state index in [1.165, 1.54) is 0 Å². The molecule has 0 aromatic carbocycles. The van der Waals surface area contributed by atoms with Crippen molar-refractivity contribution in [3.05, 3.63) is 0 Å². The summed E-state index contributed by atoms with van der Waals surface area (Å²) < 4.78 is 0. The van der Waals surface area contributed by atoms with Crippen LogP contribution < -0.4 is 5.32 Å². The van der Waals surface area contributed by atoms with Crippen molar-refractivity contribution in [2.24, 2.45) is 0 Å². The molecule has 0 rings (SSSR count). The fourth-order valence-corrected chi connectivity index (χ4v) is 1.78. The highest BCUT2D eigenvalue weighted by atomic mass is 16.3. The number of carbonyl (C=O) groups is 1. The van der Waals surface area contributed by atoms with Crippen molar-refractivity contribution in [1.82, 2.24) is 10.2 Å². The van der Waals surface area contributed by atoms with Crippen molar-refractivity contribution in [3.8, 4) is 0 Å². The maximum absolute atomic E-state index is 12.1. The van der Waals surface area contributed by atoms with E-state index in [1.807, 2.05) is 27.7 Å². The Morgan fingerprint density at radius 2 is 1.82 bits per heavy atom. The van der Waals surface area contributed by atoms with E-state index in [9.17, 15) is 4.79 Å². The summed E-state index contributed by atoms with van der Waals surface area (Å²) in [6.07, 6.45) is 0.700. The molecule has 0 aliphatic heterocycles. The van der Waals surface area contributed by atoms with Crippen molar-refractivity contribution in [2.75, 3.05) is 13.2 Å². The van der Waals surface area contributed by atoms with Gasteiger partial charge in [0.1, 0.15) is 0 Å². The standard InChI is InChI=1S/C13H28N2O2/c1-10(2)15(8-7-9-16)11(3)12(17)14-13(4,5)6/h10-11,16H,7-9H2,1-6H3,(H,14,17). The van der Waals surface area contributed by atoms with Gasteiger partial charge in [-0.2, -0.15) is 0 Å². The van der Waals surface area contributed by atoms with Crippen LogP contribution in [0.15, 0.2) is 0 Å². The molecule has 0 saturated carbocycles. The maximum atomic E-state index is 12.1. The summed E-state index contributed by atoms with van der Waals surface area (Å²) in [5, 5.41) is 11.9. The molecule has 0 bridgehead atoms. The quantitative estimate of drug-likeness (QED) is 0.742. The Balaban J connectivity index is 4.49. The molecule has 2 N–H and O–H groups in total. The number of aliphatic hydroxyl groups excluding tert-OH is 1. The Labute approximate surface area is 105 Å². The van der Waals surface area contributed by atoms with E-state index in [1.54, 1.807) is 0 Å². The zero-order valence-electron chi connectivity index (χ0n) is 12.1. The zero-order chi connectivity index (χ0) is 13.6. The lowest BCUT2D eigenvalue weighted by molar-refractivity contribution is -0.128. The number of amides is 1. The monoisotopic (exact) mass is 244 g/mol. The number of nitrogens with one attached hydrogen (secondary N) is 1. The average molecular weight is 244 g/mol. The largest absolute Gasteiger partial charge is 0.396 e. The molecule has 0 radical (unpaired) electrons. The van der Waals surface area contributed by atoms with Gasteiger partial charge in [-0.15, -0.1) is 0 Å². The van der Waals surface area contributed by atoms with Crippen molar-refractivity contribution >= 4 is 5.91 Å². The Morgan fingerprint density at radius 1 is 1.29 bits per heavy atom. The van der Waals surface area contributed by atoms with Crippen LogP contribution in [0.4, 0.5) is 0 Å². The molecule has 17 heavy (non-hydrogen) atoms. The van der Waals surface area contributed by atoms with E-state index >= 15 is 0 Å². The lowest BCUT2D eigenvalue weighted by atomic mass is 10.1. The zero-order valence-corrected chi connectivity index (χ0v) is 12.1. The van der Waals surface area contributed by atoms with Gasteiger partial charge in [-0.25, -0.2) is 0 Å². The normalized spacial score (nSPS) is 14.2. The first-order chi connectivity index (χ1) is 7.69. The van der Waals surface area contributed by atoms with Crippen LogP contribution in [0, 0.1) is 0 Å².